The monoisotopic (exact) mass is 506 g/mol. The molecule has 0 unspecified atom stereocenters. The predicted octanol–water partition coefficient (Wildman–Crippen LogP) is 6.55. The first-order valence-electron chi connectivity index (χ1n) is 9.92. The summed E-state index contributed by atoms with van der Waals surface area (Å²) in [5.41, 5.74) is 4.07. The number of nitrogens with one attached hydrogen (secondary N) is 1. The number of thioether (sulfide) groups is 2. The van der Waals surface area contributed by atoms with E-state index in [9.17, 15) is 4.79 Å². The van der Waals surface area contributed by atoms with Crippen molar-refractivity contribution >= 4 is 58.3 Å². The number of anilines is 1. The number of hydrogen-bond donors (Lipinski definition) is 1. The Kier molecular flexibility index (Phi) is 9.11. The zero-order chi connectivity index (χ0) is 23.1. The van der Waals surface area contributed by atoms with E-state index < -0.39 is 0 Å². The molecule has 1 aromatic heterocycles. The zero-order valence-electron chi connectivity index (χ0n) is 17.9. The molecule has 0 aliphatic carbocycles. The average molecular weight is 508 g/mol. The Balaban J connectivity index is 1.59. The molecule has 3 rings (SSSR count). The van der Waals surface area contributed by atoms with E-state index in [4.69, 9.17) is 23.2 Å². The van der Waals surface area contributed by atoms with E-state index in [-0.39, 0.29) is 11.7 Å². The molecule has 1 amide bonds. The highest BCUT2D eigenvalue weighted by Crippen LogP contribution is 2.27. The number of halogens is 2. The predicted molar refractivity (Wildman–Crippen MR) is 137 cm³/mol. The van der Waals surface area contributed by atoms with Gasteiger partial charge >= 0.3 is 0 Å². The number of aromatic nitrogens is 3. The second kappa shape index (κ2) is 11.8. The summed E-state index contributed by atoms with van der Waals surface area (Å²) in [5, 5.41) is 13.6. The van der Waals surface area contributed by atoms with Gasteiger partial charge < -0.3 is 9.88 Å². The summed E-state index contributed by atoms with van der Waals surface area (Å²) >= 11 is 15.3. The minimum atomic E-state index is -0.0786. The molecule has 32 heavy (non-hydrogen) atoms. The molecule has 0 atom stereocenters. The van der Waals surface area contributed by atoms with E-state index in [0.717, 1.165) is 34.0 Å². The van der Waals surface area contributed by atoms with Crippen LogP contribution < -0.4 is 5.32 Å². The van der Waals surface area contributed by atoms with E-state index in [0.29, 0.717) is 27.5 Å². The molecule has 0 aliphatic heterocycles. The van der Waals surface area contributed by atoms with Gasteiger partial charge in [-0.25, -0.2) is 0 Å². The minimum absolute atomic E-state index is 0.0786. The van der Waals surface area contributed by atoms with Crippen LogP contribution in [0.3, 0.4) is 0 Å². The maximum absolute atomic E-state index is 12.5. The number of carbonyl (C=O) groups is 1. The van der Waals surface area contributed by atoms with Crippen molar-refractivity contribution in [3.05, 3.63) is 81.6 Å². The van der Waals surface area contributed by atoms with Gasteiger partial charge in [-0.2, -0.15) is 0 Å². The van der Waals surface area contributed by atoms with Crippen LogP contribution >= 0.6 is 46.7 Å². The number of aryl methyl sites for hydroxylation is 1. The van der Waals surface area contributed by atoms with Crippen LogP contribution in [-0.4, -0.2) is 26.4 Å². The summed E-state index contributed by atoms with van der Waals surface area (Å²) < 4.78 is 1.99. The molecule has 2 aromatic carbocycles. The summed E-state index contributed by atoms with van der Waals surface area (Å²) in [7, 11) is 0. The summed E-state index contributed by atoms with van der Waals surface area (Å²) in [6.07, 6.45) is 1.80. The Labute approximate surface area is 207 Å². The number of carbonyl (C=O) groups excluding carboxylic acids is 1. The summed E-state index contributed by atoms with van der Waals surface area (Å²) in [4.78, 5) is 12.5. The molecule has 1 N–H and O–H groups in total. The van der Waals surface area contributed by atoms with Gasteiger partial charge in [0.1, 0.15) is 5.82 Å². The average Bonchev–Trinajstić information content (AvgIpc) is 3.13. The van der Waals surface area contributed by atoms with Crippen molar-refractivity contribution in [2.45, 2.75) is 37.1 Å². The molecule has 168 valence electrons. The van der Waals surface area contributed by atoms with Gasteiger partial charge in [-0.15, -0.1) is 28.5 Å². The summed E-state index contributed by atoms with van der Waals surface area (Å²) in [5.74, 6) is 2.39. The van der Waals surface area contributed by atoms with Crippen LogP contribution in [0.5, 0.6) is 0 Å². The molecule has 5 nitrogen and oxygen atoms in total. The summed E-state index contributed by atoms with van der Waals surface area (Å²) in [6, 6.07) is 11.4. The van der Waals surface area contributed by atoms with Crippen molar-refractivity contribution < 1.29 is 4.79 Å². The number of benzene rings is 2. The first-order chi connectivity index (χ1) is 15.4. The molecular weight excluding hydrogens is 483 g/mol. The molecule has 0 spiro atoms. The molecule has 0 saturated carbocycles. The third-order valence-electron chi connectivity index (χ3n) is 4.82. The SMILES string of the molecule is C=CCn1c(CSCc2ccc(Cl)cc2Cl)nnc1SCC(=O)Nc1cccc(C)c1C. The van der Waals surface area contributed by atoms with Crippen molar-refractivity contribution in [2.75, 3.05) is 11.1 Å². The highest BCUT2D eigenvalue weighted by atomic mass is 35.5. The molecule has 0 saturated heterocycles. The second-order valence-corrected chi connectivity index (χ2v) is 9.88. The lowest BCUT2D eigenvalue weighted by atomic mass is 10.1. The smallest absolute Gasteiger partial charge is 0.234 e. The van der Waals surface area contributed by atoms with Crippen LogP contribution in [0.2, 0.25) is 10.0 Å². The number of nitrogens with zero attached hydrogens (tertiary/aromatic N) is 3. The number of rotatable bonds is 10. The largest absolute Gasteiger partial charge is 0.325 e. The molecular formula is C23H24Cl2N4OS2. The highest BCUT2D eigenvalue weighted by molar-refractivity contribution is 7.99. The van der Waals surface area contributed by atoms with Crippen LogP contribution in [0, 0.1) is 13.8 Å². The Morgan fingerprint density at radius 2 is 2.00 bits per heavy atom. The Bertz CT molecular complexity index is 1120. The molecule has 0 bridgehead atoms. The third kappa shape index (κ3) is 6.54. The molecule has 3 aromatic rings. The number of allylic oxidation sites excluding steroid dienone is 1. The minimum Gasteiger partial charge on any atom is -0.325 e. The third-order valence-corrected chi connectivity index (χ3v) is 7.35. The maximum Gasteiger partial charge on any atom is 0.234 e. The fraction of sp³-hybridized carbons (Fsp3) is 0.261. The Morgan fingerprint density at radius 3 is 2.75 bits per heavy atom. The van der Waals surface area contributed by atoms with Gasteiger partial charge in [-0.3, -0.25) is 4.79 Å². The number of amides is 1. The van der Waals surface area contributed by atoms with Crippen molar-refractivity contribution in [1.29, 1.82) is 0 Å². The Hall–Kier alpha value is -1.93. The molecule has 1 heterocycles. The van der Waals surface area contributed by atoms with Crippen LogP contribution in [0.25, 0.3) is 0 Å². The van der Waals surface area contributed by atoms with Gasteiger partial charge in [-0.05, 0) is 48.7 Å². The van der Waals surface area contributed by atoms with Crippen molar-refractivity contribution in [2.24, 2.45) is 0 Å². The normalized spacial score (nSPS) is 10.9. The first-order valence-corrected chi connectivity index (χ1v) is 12.8. The van der Waals surface area contributed by atoms with Crippen LogP contribution in [0.1, 0.15) is 22.5 Å². The van der Waals surface area contributed by atoms with E-state index in [1.54, 1.807) is 23.9 Å². The lowest BCUT2D eigenvalue weighted by Gasteiger charge is -2.11. The molecule has 0 radical (unpaired) electrons. The van der Waals surface area contributed by atoms with Gasteiger partial charge in [0.05, 0.1) is 11.5 Å². The van der Waals surface area contributed by atoms with Crippen molar-refractivity contribution in [1.82, 2.24) is 14.8 Å². The standard InChI is InChI=1S/C23H24Cl2N4OS2/c1-4-10-29-21(13-31-12-17-8-9-18(24)11-19(17)25)27-28-23(29)32-14-22(30)26-20-7-5-6-15(2)16(20)3/h4-9,11H,1,10,12-14H2,2-3H3,(H,26,30). The summed E-state index contributed by atoms with van der Waals surface area (Å²) in [6.45, 7) is 8.43. The first kappa shape index (κ1) is 24.7. The van der Waals surface area contributed by atoms with Crippen LogP contribution in [0.4, 0.5) is 5.69 Å². The quantitative estimate of drug-likeness (QED) is 0.249. The fourth-order valence-electron chi connectivity index (χ4n) is 2.94. The van der Waals surface area contributed by atoms with E-state index in [1.807, 2.05) is 48.7 Å². The van der Waals surface area contributed by atoms with Gasteiger partial charge in [-0.1, -0.05) is 59.2 Å². The lowest BCUT2D eigenvalue weighted by Crippen LogP contribution is -2.15. The molecule has 9 heteroatoms. The second-order valence-electron chi connectivity index (χ2n) is 7.11. The maximum atomic E-state index is 12.5. The van der Waals surface area contributed by atoms with E-state index in [1.165, 1.54) is 11.8 Å². The van der Waals surface area contributed by atoms with Crippen LogP contribution in [-0.2, 0) is 22.8 Å². The van der Waals surface area contributed by atoms with Gasteiger partial charge in [0.25, 0.3) is 0 Å². The van der Waals surface area contributed by atoms with E-state index >= 15 is 0 Å². The number of hydrogen-bond acceptors (Lipinski definition) is 5. The van der Waals surface area contributed by atoms with Gasteiger partial charge in [0.2, 0.25) is 5.91 Å². The van der Waals surface area contributed by atoms with Gasteiger partial charge in [0, 0.05) is 28.0 Å². The topological polar surface area (TPSA) is 59.8 Å². The zero-order valence-corrected chi connectivity index (χ0v) is 21.0. The Morgan fingerprint density at radius 1 is 1.19 bits per heavy atom. The molecule has 0 aliphatic rings. The van der Waals surface area contributed by atoms with Crippen LogP contribution in [0.15, 0.2) is 54.2 Å². The molecule has 0 fully saturated rings. The van der Waals surface area contributed by atoms with Gasteiger partial charge in [0.15, 0.2) is 5.16 Å². The van der Waals surface area contributed by atoms with Crippen molar-refractivity contribution in [3.8, 4) is 0 Å². The van der Waals surface area contributed by atoms with E-state index in [2.05, 4.69) is 22.1 Å². The fourth-order valence-corrected chi connectivity index (χ4v) is 5.23. The highest BCUT2D eigenvalue weighted by Gasteiger charge is 2.14. The van der Waals surface area contributed by atoms with Crippen molar-refractivity contribution in [3.63, 3.8) is 0 Å². The lowest BCUT2D eigenvalue weighted by molar-refractivity contribution is -0.113.